The van der Waals surface area contributed by atoms with Crippen LogP contribution in [0.4, 0.5) is 0 Å². The number of fused-ring (bicyclic) bond motifs is 1. The lowest BCUT2D eigenvalue weighted by Gasteiger charge is -1.98. The summed E-state index contributed by atoms with van der Waals surface area (Å²) in [6.45, 7) is 0. The summed E-state index contributed by atoms with van der Waals surface area (Å²) in [6.07, 6.45) is 4.96. The number of carbonyl (C=O) groups is 1. The number of rotatable bonds is 3. The zero-order valence-corrected chi connectivity index (χ0v) is 9.01. The van der Waals surface area contributed by atoms with Crippen molar-refractivity contribution in [1.82, 2.24) is 4.98 Å². The summed E-state index contributed by atoms with van der Waals surface area (Å²) < 4.78 is 0. The van der Waals surface area contributed by atoms with Crippen LogP contribution in [0.2, 0.25) is 0 Å². The molecule has 4 heteroatoms. The highest BCUT2D eigenvalue weighted by Gasteiger charge is 1.96. The predicted molar refractivity (Wildman–Crippen MR) is 65.9 cm³/mol. The van der Waals surface area contributed by atoms with E-state index in [2.05, 4.69) is 4.98 Å². The minimum Gasteiger partial charge on any atom is -0.481 e. The first-order valence-corrected chi connectivity index (χ1v) is 5.16. The van der Waals surface area contributed by atoms with Gasteiger partial charge < -0.3 is 10.1 Å². The van der Waals surface area contributed by atoms with Gasteiger partial charge in [-0.2, -0.15) is 0 Å². The fourth-order valence-corrected chi connectivity index (χ4v) is 1.58. The van der Waals surface area contributed by atoms with Crippen LogP contribution in [-0.2, 0) is 4.79 Å². The molecule has 17 heavy (non-hydrogen) atoms. The fraction of sp³-hybridized carbons (Fsp3) is 0.0769. The Labute approximate surface area is 97.2 Å². The van der Waals surface area contributed by atoms with E-state index in [0.29, 0.717) is 0 Å². The molecule has 2 N–H and O–H groups in total. The molecule has 0 saturated carbocycles. The first-order valence-electron chi connectivity index (χ1n) is 5.16. The van der Waals surface area contributed by atoms with Crippen LogP contribution in [0.25, 0.3) is 16.8 Å². The Morgan fingerprint density at radius 3 is 2.88 bits per heavy atom. The molecule has 0 radical (unpaired) electrons. The maximum atomic E-state index is 11.1. The quantitative estimate of drug-likeness (QED) is 0.845. The maximum Gasteiger partial charge on any atom is 0.307 e. The second-order valence-corrected chi connectivity index (χ2v) is 3.69. The monoisotopic (exact) mass is 229 g/mol. The van der Waals surface area contributed by atoms with Gasteiger partial charge in [0.2, 0.25) is 5.56 Å². The summed E-state index contributed by atoms with van der Waals surface area (Å²) in [5.74, 6) is -0.863. The van der Waals surface area contributed by atoms with E-state index in [1.807, 2.05) is 18.2 Å². The number of aliphatic carboxylic acids is 1. The second kappa shape index (κ2) is 4.65. The molecule has 0 atom stereocenters. The number of hydrogen-bond acceptors (Lipinski definition) is 2. The third-order valence-corrected chi connectivity index (χ3v) is 2.37. The van der Waals surface area contributed by atoms with Crippen molar-refractivity contribution in [3.05, 3.63) is 52.5 Å². The van der Waals surface area contributed by atoms with Crippen molar-refractivity contribution < 1.29 is 9.90 Å². The van der Waals surface area contributed by atoms with Crippen molar-refractivity contribution in [3.63, 3.8) is 0 Å². The SMILES string of the molecule is O=C(O)CC=Cc1ccc2c[nH]c(=O)cc2c1. The molecule has 0 bridgehead atoms. The van der Waals surface area contributed by atoms with Gasteiger partial charge in [0.15, 0.2) is 0 Å². The molecule has 1 heterocycles. The predicted octanol–water partition coefficient (Wildman–Crippen LogP) is 2.02. The Bertz CT molecular complexity index is 640. The fourth-order valence-electron chi connectivity index (χ4n) is 1.58. The summed E-state index contributed by atoms with van der Waals surface area (Å²) in [5, 5.41) is 10.3. The highest BCUT2D eigenvalue weighted by atomic mass is 16.4. The molecule has 0 spiro atoms. The third-order valence-electron chi connectivity index (χ3n) is 2.37. The first-order chi connectivity index (χ1) is 8.15. The topological polar surface area (TPSA) is 70.2 Å². The number of H-pyrrole nitrogens is 1. The lowest BCUT2D eigenvalue weighted by molar-refractivity contribution is -0.135. The molecule has 1 aromatic heterocycles. The highest BCUT2D eigenvalue weighted by molar-refractivity contribution is 5.83. The Hall–Kier alpha value is -2.36. The first kappa shape index (κ1) is 11.1. The van der Waals surface area contributed by atoms with Gasteiger partial charge in [-0.25, -0.2) is 0 Å². The molecule has 0 unspecified atom stereocenters. The van der Waals surface area contributed by atoms with Crippen LogP contribution >= 0.6 is 0 Å². The highest BCUT2D eigenvalue weighted by Crippen LogP contribution is 2.14. The van der Waals surface area contributed by atoms with Crippen molar-refractivity contribution in [2.24, 2.45) is 0 Å². The van der Waals surface area contributed by atoms with E-state index in [1.165, 1.54) is 6.07 Å². The van der Waals surface area contributed by atoms with Gasteiger partial charge in [-0.15, -0.1) is 0 Å². The van der Waals surface area contributed by atoms with Gasteiger partial charge in [-0.3, -0.25) is 9.59 Å². The average molecular weight is 229 g/mol. The standard InChI is InChI=1S/C13H11NO3/c15-12-7-11-6-9(2-1-3-13(16)17)4-5-10(11)8-14-12/h1-2,4-8H,3H2,(H,14,15)(H,16,17). The van der Waals surface area contributed by atoms with E-state index in [9.17, 15) is 9.59 Å². The van der Waals surface area contributed by atoms with Gasteiger partial charge in [0, 0.05) is 12.3 Å². The molecule has 0 aliphatic heterocycles. The molecule has 0 amide bonds. The zero-order valence-electron chi connectivity index (χ0n) is 9.01. The van der Waals surface area contributed by atoms with Crippen molar-refractivity contribution in [1.29, 1.82) is 0 Å². The van der Waals surface area contributed by atoms with E-state index in [1.54, 1.807) is 18.3 Å². The van der Waals surface area contributed by atoms with E-state index in [-0.39, 0.29) is 12.0 Å². The van der Waals surface area contributed by atoms with E-state index in [0.717, 1.165) is 16.3 Å². The van der Waals surface area contributed by atoms with E-state index >= 15 is 0 Å². The number of carboxylic acid groups (broad SMARTS) is 1. The molecule has 0 aliphatic rings. The smallest absolute Gasteiger partial charge is 0.307 e. The molecule has 4 nitrogen and oxygen atoms in total. The van der Waals surface area contributed by atoms with Crippen molar-refractivity contribution in [2.45, 2.75) is 6.42 Å². The van der Waals surface area contributed by atoms with Gasteiger partial charge in [-0.05, 0) is 22.4 Å². The molecule has 0 fully saturated rings. The molecule has 0 aliphatic carbocycles. The Balaban J connectivity index is 2.34. The molecule has 1 aromatic carbocycles. The van der Waals surface area contributed by atoms with Gasteiger partial charge in [0.05, 0.1) is 6.42 Å². The lowest BCUT2D eigenvalue weighted by atomic mass is 10.1. The summed E-state index contributed by atoms with van der Waals surface area (Å²) in [4.78, 5) is 24.1. The summed E-state index contributed by atoms with van der Waals surface area (Å²) in [5.41, 5.74) is 0.730. The van der Waals surface area contributed by atoms with Crippen LogP contribution in [-0.4, -0.2) is 16.1 Å². The number of hydrogen-bond donors (Lipinski definition) is 2. The molecular weight excluding hydrogens is 218 g/mol. The number of nitrogens with one attached hydrogen (secondary N) is 1. The summed E-state index contributed by atoms with van der Waals surface area (Å²) >= 11 is 0. The maximum absolute atomic E-state index is 11.1. The minimum absolute atomic E-state index is 0.00654. The van der Waals surface area contributed by atoms with Crippen molar-refractivity contribution >= 4 is 22.8 Å². The van der Waals surface area contributed by atoms with Crippen LogP contribution in [0, 0.1) is 0 Å². The zero-order chi connectivity index (χ0) is 12.3. The molecule has 0 saturated heterocycles. The average Bonchev–Trinajstić information content (AvgIpc) is 2.28. The third kappa shape index (κ3) is 2.81. The molecule has 2 aromatic rings. The second-order valence-electron chi connectivity index (χ2n) is 3.69. The van der Waals surface area contributed by atoms with Crippen LogP contribution in [0.5, 0.6) is 0 Å². The summed E-state index contributed by atoms with van der Waals surface area (Å²) in [7, 11) is 0. The van der Waals surface area contributed by atoms with Gasteiger partial charge in [-0.1, -0.05) is 24.3 Å². The lowest BCUT2D eigenvalue weighted by Crippen LogP contribution is -2.01. The van der Waals surface area contributed by atoms with Crippen molar-refractivity contribution in [2.75, 3.05) is 0 Å². The summed E-state index contributed by atoms with van der Waals surface area (Å²) in [6, 6.07) is 7.12. The Kier molecular flexibility index (Phi) is 3.05. The number of aromatic amines is 1. The molecule has 86 valence electrons. The Morgan fingerprint density at radius 1 is 1.29 bits per heavy atom. The van der Waals surface area contributed by atoms with Crippen LogP contribution in [0.3, 0.4) is 0 Å². The van der Waals surface area contributed by atoms with E-state index < -0.39 is 5.97 Å². The molecular formula is C13H11NO3. The minimum atomic E-state index is -0.863. The number of pyridine rings is 1. The van der Waals surface area contributed by atoms with E-state index in [4.69, 9.17) is 5.11 Å². The van der Waals surface area contributed by atoms with Crippen LogP contribution in [0.15, 0.2) is 41.3 Å². The largest absolute Gasteiger partial charge is 0.481 e. The van der Waals surface area contributed by atoms with Gasteiger partial charge in [0.1, 0.15) is 0 Å². The van der Waals surface area contributed by atoms with Crippen LogP contribution in [0.1, 0.15) is 12.0 Å². The van der Waals surface area contributed by atoms with Gasteiger partial charge >= 0.3 is 5.97 Å². The number of benzene rings is 1. The van der Waals surface area contributed by atoms with Crippen LogP contribution < -0.4 is 5.56 Å². The number of aromatic nitrogens is 1. The number of carboxylic acids is 1. The van der Waals surface area contributed by atoms with Crippen molar-refractivity contribution in [3.8, 4) is 0 Å². The van der Waals surface area contributed by atoms with Gasteiger partial charge in [0.25, 0.3) is 0 Å². The Morgan fingerprint density at radius 2 is 2.12 bits per heavy atom. The normalized spacial score (nSPS) is 11.1. The molecule has 2 rings (SSSR count).